The molecule has 1 heterocycles. The summed E-state index contributed by atoms with van der Waals surface area (Å²) in [4.78, 5) is 11.1. The van der Waals surface area contributed by atoms with Gasteiger partial charge in [-0.15, -0.1) is 0 Å². The number of rotatable bonds is 4. The number of hydrogen-bond donors (Lipinski definition) is 1. The van der Waals surface area contributed by atoms with Crippen LogP contribution >= 0.6 is 0 Å². The van der Waals surface area contributed by atoms with Crippen molar-refractivity contribution in [2.75, 3.05) is 6.54 Å². The van der Waals surface area contributed by atoms with Crippen molar-refractivity contribution in [3.05, 3.63) is 42.7 Å². The summed E-state index contributed by atoms with van der Waals surface area (Å²) < 4.78 is 2.01. The third-order valence-electron chi connectivity index (χ3n) is 1.82. The Morgan fingerprint density at radius 2 is 1.93 bits per heavy atom. The van der Waals surface area contributed by atoms with Crippen LogP contribution in [0.5, 0.6) is 0 Å². The molecule has 0 aliphatic carbocycles. The molecule has 3 nitrogen and oxygen atoms in total. The van der Waals surface area contributed by atoms with E-state index in [4.69, 9.17) is 0 Å². The van der Waals surface area contributed by atoms with Crippen LogP contribution in [-0.4, -0.2) is 12.5 Å². The van der Waals surface area contributed by atoms with E-state index in [9.17, 15) is 4.79 Å². The lowest BCUT2D eigenvalue weighted by molar-refractivity contribution is -0.694. The van der Waals surface area contributed by atoms with E-state index in [0.717, 1.165) is 6.54 Å². The number of hydrogen-bond acceptors (Lipinski definition) is 1. The predicted molar refractivity (Wildman–Crippen MR) is 54.5 cm³/mol. The van der Waals surface area contributed by atoms with Crippen molar-refractivity contribution in [2.45, 2.75) is 13.5 Å². The zero-order valence-corrected chi connectivity index (χ0v) is 9.50. The summed E-state index contributed by atoms with van der Waals surface area (Å²) in [5.74, 6) is -0.0819. The molecule has 1 aromatic rings. The summed E-state index contributed by atoms with van der Waals surface area (Å²) in [6, 6.07) is 5.88. The summed E-state index contributed by atoms with van der Waals surface area (Å²) in [7, 11) is 0. The first kappa shape index (κ1) is 13.7. The SMILES string of the molecule is C=C(C)C(=O)NCC[n+]1ccccc1.[Cl-]. The molecule has 4 heteroatoms. The summed E-state index contributed by atoms with van der Waals surface area (Å²) in [6.07, 6.45) is 3.93. The van der Waals surface area contributed by atoms with Crippen LogP contribution in [0.2, 0.25) is 0 Å². The first-order chi connectivity index (χ1) is 6.70. The molecule has 0 radical (unpaired) electrons. The first-order valence-electron chi connectivity index (χ1n) is 4.58. The summed E-state index contributed by atoms with van der Waals surface area (Å²) in [5, 5.41) is 2.77. The highest BCUT2D eigenvalue weighted by Gasteiger charge is 2.02. The molecule has 0 spiro atoms. The van der Waals surface area contributed by atoms with Gasteiger partial charge in [0.15, 0.2) is 18.9 Å². The normalized spacial score (nSPS) is 8.87. The van der Waals surface area contributed by atoms with Crippen LogP contribution in [0.15, 0.2) is 42.7 Å². The maximum Gasteiger partial charge on any atom is 0.246 e. The maximum absolute atomic E-state index is 11.1. The van der Waals surface area contributed by atoms with E-state index in [1.54, 1.807) is 6.92 Å². The number of pyridine rings is 1. The number of carbonyl (C=O) groups is 1. The largest absolute Gasteiger partial charge is 1.00 e. The second kappa shape index (κ2) is 7.01. The fraction of sp³-hybridized carbons (Fsp3) is 0.273. The van der Waals surface area contributed by atoms with E-state index < -0.39 is 0 Å². The van der Waals surface area contributed by atoms with E-state index in [1.807, 2.05) is 35.2 Å². The average Bonchev–Trinajstić information content (AvgIpc) is 2.19. The lowest BCUT2D eigenvalue weighted by atomic mass is 10.3. The Morgan fingerprint density at radius 1 is 1.33 bits per heavy atom. The number of nitrogens with one attached hydrogen (secondary N) is 1. The predicted octanol–water partition coefficient (Wildman–Crippen LogP) is -2.33. The Labute approximate surface area is 96.2 Å². The molecule has 0 bridgehead atoms. The number of halogens is 1. The van der Waals surface area contributed by atoms with Gasteiger partial charge in [-0.2, -0.15) is 0 Å². The summed E-state index contributed by atoms with van der Waals surface area (Å²) in [5.41, 5.74) is 0.545. The first-order valence-corrected chi connectivity index (χ1v) is 4.58. The molecule has 0 saturated heterocycles. The van der Waals surface area contributed by atoms with Gasteiger partial charge in [-0.25, -0.2) is 4.57 Å². The Balaban J connectivity index is 0.00000196. The molecule has 0 atom stereocenters. The minimum Gasteiger partial charge on any atom is -1.00 e. The Bertz CT molecular complexity index is 325. The Kier molecular flexibility index (Phi) is 6.38. The van der Waals surface area contributed by atoms with Crippen LogP contribution in [0.25, 0.3) is 0 Å². The van der Waals surface area contributed by atoms with Gasteiger partial charge in [0.1, 0.15) is 0 Å². The molecular weight excluding hydrogens is 212 g/mol. The van der Waals surface area contributed by atoms with Crippen molar-refractivity contribution in [3.8, 4) is 0 Å². The van der Waals surface area contributed by atoms with Crippen molar-refractivity contribution < 1.29 is 21.8 Å². The summed E-state index contributed by atoms with van der Waals surface area (Å²) in [6.45, 7) is 6.66. The van der Waals surface area contributed by atoms with Gasteiger partial charge in [-0.1, -0.05) is 12.6 Å². The third kappa shape index (κ3) is 5.18. The molecule has 0 saturated carbocycles. The van der Waals surface area contributed by atoms with Crippen molar-refractivity contribution >= 4 is 5.91 Å². The topological polar surface area (TPSA) is 33.0 Å². The van der Waals surface area contributed by atoms with Crippen LogP contribution in [0, 0.1) is 0 Å². The number of aromatic nitrogens is 1. The van der Waals surface area contributed by atoms with Crippen molar-refractivity contribution in [2.24, 2.45) is 0 Å². The Morgan fingerprint density at radius 3 is 2.47 bits per heavy atom. The molecule has 1 rings (SSSR count). The van der Waals surface area contributed by atoms with Crippen molar-refractivity contribution in [1.82, 2.24) is 5.32 Å². The lowest BCUT2D eigenvalue weighted by Crippen LogP contribution is -3.00. The van der Waals surface area contributed by atoms with Crippen molar-refractivity contribution in [3.63, 3.8) is 0 Å². The second-order valence-corrected chi connectivity index (χ2v) is 3.15. The van der Waals surface area contributed by atoms with Crippen molar-refractivity contribution in [1.29, 1.82) is 0 Å². The molecule has 0 fully saturated rings. The van der Waals surface area contributed by atoms with Gasteiger partial charge in [-0.3, -0.25) is 4.79 Å². The number of nitrogens with zero attached hydrogens (tertiary/aromatic N) is 1. The zero-order chi connectivity index (χ0) is 10.4. The average molecular weight is 227 g/mol. The Hall–Kier alpha value is -1.35. The van der Waals surface area contributed by atoms with E-state index >= 15 is 0 Å². The molecule has 1 aromatic heterocycles. The summed E-state index contributed by atoms with van der Waals surface area (Å²) >= 11 is 0. The molecule has 1 N–H and O–H groups in total. The second-order valence-electron chi connectivity index (χ2n) is 3.15. The van der Waals surface area contributed by atoms with E-state index in [1.165, 1.54) is 0 Å². The molecule has 0 unspecified atom stereocenters. The molecule has 15 heavy (non-hydrogen) atoms. The van der Waals surface area contributed by atoms with E-state index in [-0.39, 0.29) is 18.3 Å². The molecule has 82 valence electrons. The monoisotopic (exact) mass is 226 g/mol. The van der Waals surface area contributed by atoms with E-state index in [0.29, 0.717) is 12.1 Å². The van der Waals surface area contributed by atoms with Crippen LogP contribution < -0.4 is 22.3 Å². The highest BCUT2D eigenvalue weighted by atomic mass is 35.5. The fourth-order valence-electron chi connectivity index (χ4n) is 1.03. The standard InChI is InChI=1S/C11H14N2O.ClH/c1-10(2)11(14)12-6-9-13-7-4-3-5-8-13;/h3-5,7-8H,1,6,9H2,2H3;1H. The third-order valence-corrected chi connectivity index (χ3v) is 1.82. The highest BCUT2D eigenvalue weighted by molar-refractivity contribution is 5.91. The van der Waals surface area contributed by atoms with Gasteiger partial charge in [-0.05, 0) is 6.92 Å². The van der Waals surface area contributed by atoms with Gasteiger partial charge in [0.05, 0.1) is 6.54 Å². The molecule has 0 aromatic carbocycles. The quantitative estimate of drug-likeness (QED) is 0.454. The minimum absolute atomic E-state index is 0. The van der Waals surface area contributed by atoms with Crippen LogP contribution in [0.1, 0.15) is 6.92 Å². The van der Waals surface area contributed by atoms with Crippen LogP contribution in [0.4, 0.5) is 0 Å². The molecule has 1 amide bonds. The van der Waals surface area contributed by atoms with Gasteiger partial charge < -0.3 is 17.7 Å². The van der Waals surface area contributed by atoms with Gasteiger partial charge >= 0.3 is 0 Å². The van der Waals surface area contributed by atoms with Crippen LogP contribution in [-0.2, 0) is 11.3 Å². The van der Waals surface area contributed by atoms with Gasteiger partial charge in [0.2, 0.25) is 5.91 Å². The number of carbonyl (C=O) groups excluding carboxylic acids is 1. The fourth-order valence-corrected chi connectivity index (χ4v) is 1.03. The maximum atomic E-state index is 11.1. The number of amides is 1. The van der Waals surface area contributed by atoms with Gasteiger partial charge in [0, 0.05) is 17.7 Å². The highest BCUT2D eigenvalue weighted by Crippen LogP contribution is 1.84. The zero-order valence-electron chi connectivity index (χ0n) is 8.74. The molecule has 0 aliphatic rings. The van der Waals surface area contributed by atoms with Gasteiger partial charge in [0.25, 0.3) is 0 Å². The van der Waals surface area contributed by atoms with Crippen LogP contribution in [0.3, 0.4) is 0 Å². The molecule has 0 aliphatic heterocycles. The smallest absolute Gasteiger partial charge is 0.246 e. The molecular formula is C11H15ClN2O. The minimum atomic E-state index is -0.0819. The lowest BCUT2D eigenvalue weighted by Gasteiger charge is -2.01. The van der Waals surface area contributed by atoms with E-state index in [2.05, 4.69) is 11.9 Å².